The highest BCUT2D eigenvalue weighted by molar-refractivity contribution is 5.95. The van der Waals surface area contributed by atoms with Crippen molar-refractivity contribution in [3.05, 3.63) is 29.3 Å². The highest BCUT2D eigenvalue weighted by Crippen LogP contribution is 2.21. The summed E-state index contributed by atoms with van der Waals surface area (Å²) in [5.41, 5.74) is -0.306. The van der Waals surface area contributed by atoms with Crippen LogP contribution in [0.2, 0.25) is 0 Å². The Balaban J connectivity index is 2.98. The summed E-state index contributed by atoms with van der Waals surface area (Å²) < 4.78 is 5.18. The van der Waals surface area contributed by atoms with E-state index in [1.165, 1.54) is 21.0 Å². The SMILES string of the molecule is CCC(C)(NC(=O)Cc1cc(C(C)=O)ccc1OC)C(=O)O. The third kappa shape index (κ3) is 4.07. The van der Waals surface area contributed by atoms with Crippen LogP contribution in [0.5, 0.6) is 5.75 Å². The van der Waals surface area contributed by atoms with Gasteiger partial charge in [-0.1, -0.05) is 6.92 Å². The monoisotopic (exact) mass is 307 g/mol. The topological polar surface area (TPSA) is 92.7 Å². The molecule has 1 amide bonds. The van der Waals surface area contributed by atoms with Gasteiger partial charge < -0.3 is 15.2 Å². The molecule has 0 aliphatic carbocycles. The minimum atomic E-state index is -1.32. The molecule has 0 saturated carbocycles. The number of carbonyl (C=O) groups is 3. The van der Waals surface area contributed by atoms with Gasteiger partial charge in [0.25, 0.3) is 0 Å². The molecular formula is C16H21NO5. The Morgan fingerprint density at radius 2 is 1.95 bits per heavy atom. The van der Waals surface area contributed by atoms with Crippen molar-refractivity contribution in [3.8, 4) is 5.75 Å². The summed E-state index contributed by atoms with van der Waals surface area (Å²) in [5, 5.41) is 11.7. The lowest BCUT2D eigenvalue weighted by molar-refractivity contribution is -0.146. The highest BCUT2D eigenvalue weighted by Gasteiger charge is 2.32. The van der Waals surface area contributed by atoms with Crippen molar-refractivity contribution in [2.45, 2.75) is 39.2 Å². The van der Waals surface area contributed by atoms with E-state index in [1.807, 2.05) is 0 Å². The third-order valence-electron chi connectivity index (χ3n) is 3.63. The molecule has 6 nitrogen and oxygen atoms in total. The molecule has 0 fully saturated rings. The number of ether oxygens (including phenoxy) is 1. The first-order chi connectivity index (χ1) is 10.2. The maximum absolute atomic E-state index is 12.1. The van der Waals surface area contributed by atoms with E-state index in [4.69, 9.17) is 4.74 Å². The standard InChI is InChI=1S/C16H21NO5/c1-5-16(3,15(20)21)17-14(19)9-12-8-11(10(2)18)6-7-13(12)22-4/h6-8H,5,9H2,1-4H3,(H,17,19)(H,20,21). The van der Waals surface area contributed by atoms with Crippen molar-refractivity contribution in [2.24, 2.45) is 0 Å². The fourth-order valence-electron chi connectivity index (χ4n) is 1.95. The van der Waals surface area contributed by atoms with E-state index in [0.717, 1.165) is 0 Å². The number of nitrogens with one attached hydrogen (secondary N) is 1. The van der Waals surface area contributed by atoms with Gasteiger partial charge in [0, 0.05) is 11.1 Å². The number of methoxy groups -OCH3 is 1. The second-order valence-electron chi connectivity index (χ2n) is 5.30. The summed E-state index contributed by atoms with van der Waals surface area (Å²) in [5.74, 6) is -1.17. The number of hydrogen-bond donors (Lipinski definition) is 2. The molecule has 0 aliphatic rings. The molecule has 22 heavy (non-hydrogen) atoms. The molecule has 0 spiro atoms. The number of aliphatic carboxylic acids is 1. The third-order valence-corrected chi connectivity index (χ3v) is 3.63. The minimum Gasteiger partial charge on any atom is -0.496 e. The van der Waals surface area contributed by atoms with Crippen LogP contribution in [0.25, 0.3) is 0 Å². The zero-order chi connectivity index (χ0) is 16.9. The summed E-state index contributed by atoms with van der Waals surface area (Å²) in [6, 6.07) is 4.83. The van der Waals surface area contributed by atoms with E-state index >= 15 is 0 Å². The second-order valence-corrected chi connectivity index (χ2v) is 5.30. The lowest BCUT2D eigenvalue weighted by Crippen LogP contribution is -2.52. The van der Waals surface area contributed by atoms with Crippen LogP contribution in [0.15, 0.2) is 18.2 Å². The fourth-order valence-corrected chi connectivity index (χ4v) is 1.95. The van der Waals surface area contributed by atoms with E-state index < -0.39 is 17.4 Å². The van der Waals surface area contributed by atoms with Gasteiger partial charge >= 0.3 is 5.97 Å². The number of carbonyl (C=O) groups excluding carboxylic acids is 2. The summed E-state index contributed by atoms with van der Waals surface area (Å²) >= 11 is 0. The van der Waals surface area contributed by atoms with Crippen LogP contribution in [-0.2, 0) is 16.0 Å². The fraction of sp³-hybridized carbons (Fsp3) is 0.438. The van der Waals surface area contributed by atoms with Crippen LogP contribution in [-0.4, -0.2) is 35.4 Å². The minimum absolute atomic E-state index is 0.0623. The molecule has 1 rings (SSSR count). The first-order valence-corrected chi connectivity index (χ1v) is 6.95. The average molecular weight is 307 g/mol. The Morgan fingerprint density at radius 1 is 1.32 bits per heavy atom. The molecule has 0 saturated heterocycles. The number of benzene rings is 1. The van der Waals surface area contributed by atoms with Crippen LogP contribution in [0.4, 0.5) is 0 Å². The van der Waals surface area contributed by atoms with Crippen LogP contribution in [0.3, 0.4) is 0 Å². The molecule has 0 aliphatic heterocycles. The summed E-state index contributed by atoms with van der Waals surface area (Å²) in [7, 11) is 1.47. The van der Waals surface area contributed by atoms with Crippen LogP contribution in [0, 0.1) is 0 Å². The lowest BCUT2D eigenvalue weighted by atomic mass is 9.98. The second kappa shape index (κ2) is 7.06. The molecule has 0 aromatic heterocycles. The molecule has 1 aromatic rings. The smallest absolute Gasteiger partial charge is 0.329 e. The Hall–Kier alpha value is -2.37. The maximum atomic E-state index is 12.1. The number of Topliss-reactive ketones (excluding diaryl/α,β-unsaturated/α-hetero) is 1. The van der Waals surface area contributed by atoms with Crippen molar-refractivity contribution in [1.82, 2.24) is 5.32 Å². The number of carboxylic acid groups (broad SMARTS) is 1. The molecule has 1 atom stereocenters. The van der Waals surface area contributed by atoms with Crippen molar-refractivity contribution >= 4 is 17.7 Å². The molecule has 1 aromatic carbocycles. The predicted octanol–water partition coefficient (Wildman–Crippen LogP) is 1.81. The van der Waals surface area contributed by atoms with Crippen molar-refractivity contribution in [3.63, 3.8) is 0 Å². The largest absolute Gasteiger partial charge is 0.496 e. The van der Waals surface area contributed by atoms with Gasteiger partial charge in [-0.3, -0.25) is 9.59 Å². The maximum Gasteiger partial charge on any atom is 0.329 e. The molecular weight excluding hydrogens is 286 g/mol. The van der Waals surface area contributed by atoms with Gasteiger partial charge in [-0.05, 0) is 38.5 Å². The normalized spacial score (nSPS) is 13.1. The van der Waals surface area contributed by atoms with E-state index in [2.05, 4.69) is 5.32 Å². The first kappa shape index (κ1) is 17.7. The van der Waals surface area contributed by atoms with Gasteiger partial charge in [0.1, 0.15) is 11.3 Å². The Kier molecular flexibility index (Phi) is 5.68. The summed E-state index contributed by atoms with van der Waals surface area (Å²) in [6.07, 6.45) is 0.200. The molecule has 120 valence electrons. The number of carboxylic acids is 1. The number of ketones is 1. The summed E-state index contributed by atoms with van der Waals surface area (Å²) in [4.78, 5) is 34.8. The molecule has 0 radical (unpaired) electrons. The van der Waals surface area contributed by atoms with E-state index in [0.29, 0.717) is 16.9 Å². The van der Waals surface area contributed by atoms with E-state index in [-0.39, 0.29) is 18.6 Å². The van der Waals surface area contributed by atoms with Crippen molar-refractivity contribution in [2.75, 3.05) is 7.11 Å². The van der Waals surface area contributed by atoms with Gasteiger partial charge in [0.2, 0.25) is 5.91 Å². The lowest BCUT2D eigenvalue weighted by Gasteiger charge is -2.24. The van der Waals surface area contributed by atoms with E-state index in [1.54, 1.807) is 25.1 Å². The molecule has 0 heterocycles. The van der Waals surface area contributed by atoms with Gasteiger partial charge in [0.15, 0.2) is 5.78 Å². The number of rotatable bonds is 7. The zero-order valence-corrected chi connectivity index (χ0v) is 13.2. The summed E-state index contributed by atoms with van der Waals surface area (Å²) in [6.45, 7) is 4.58. The number of amides is 1. The zero-order valence-electron chi connectivity index (χ0n) is 13.2. The first-order valence-electron chi connectivity index (χ1n) is 6.95. The number of hydrogen-bond acceptors (Lipinski definition) is 4. The van der Waals surface area contributed by atoms with Gasteiger partial charge in [-0.25, -0.2) is 4.79 Å². The van der Waals surface area contributed by atoms with Crippen LogP contribution < -0.4 is 10.1 Å². The van der Waals surface area contributed by atoms with Crippen molar-refractivity contribution in [1.29, 1.82) is 0 Å². The van der Waals surface area contributed by atoms with Crippen LogP contribution >= 0.6 is 0 Å². The van der Waals surface area contributed by atoms with Gasteiger partial charge in [0.05, 0.1) is 13.5 Å². The quantitative estimate of drug-likeness (QED) is 0.749. The molecule has 1 unspecified atom stereocenters. The van der Waals surface area contributed by atoms with Crippen molar-refractivity contribution < 1.29 is 24.2 Å². The van der Waals surface area contributed by atoms with Crippen LogP contribution in [0.1, 0.15) is 43.1 Å². The van der Waals surface area contributed by atoms with E-state index in [9.17, 15) is 19.5 Å². The van der Waals surface area contributed by atoms with Gasteiger partial charge in [-0.15, -0.1) is 0 Å². The predicted molar refractivity (Wildman–Crippen MR) is 81.2 cm³/mol. The molecule has 6 heteroatoms. The molecule has 0 bridgehead atoms. The Morgan fingerprint density at radius 3 is 2.41 bits per heavy atom. The molecule has 2 N–H and O–H groups in total. The van der Waals surface area contributed by atoms with Gasteiger partial charge in [-0.2, -0.15) is 0 Å². The highest BCUT2D eigenvalue weighted by atomic mass is 16.5. The Bertz CT molecular complexity index is 596. The average Bonchev–Trinajstić information content (AvgIpc) is 2.46. The Labute approximate surface area is 129 Å².